The number of carbonyl (C=O) groups is 1. The van der Waals surface area contributed by atoms with Gasteiger partial charge in [-0.2, -0.15) is 0 Å². The molecule has 3 aromatic rings. The third kappa shape index (κ3) is 3.97. The fraction of sp³-hybridized carbons (Fsp3) is 0.150. The lowest BCUT2D eigenvalue weighted by molar-refractivity contribution is 0.102. The first-order valence-electron chi connectivity index (χ1n) is 8.28. The highest BCUT2D eigenvalue weighted by Gasteiger charge is 2.16. The van der Waals surface area contributed by atoms with E-state index >= 15 is 0 Å². The molecule has 2 heterocycles. The highest BCUT2D eigenvalue weighted by Crippen LogP contribution is 2.07. The van der Waals surface area contributed by atoms with Crippen LogP contribution in [0.1, 0.15) is 21.5 Å². The zero-order valence-electron chi connectivity index (χ0n) is 14.4. The Bertz CT molecular complexity index is 1040. The van der Waals surface area contributed by atoms with E-state index in [1.807, 2.05) is 30.3 Å². The van der Waals surface area contributed by atoms with Crippen molar-refractivity contribution in [3.63, 3.8) is 0 Å². The van der Waals surface area contributed by atoms with E-state index in [-0.39, 0.29) is 22.4 Å². The molecule has 0 radical (unpaired) electrons. The van der Waals surface area contributed by atoms with Crippen molar-refractivity contribution in [2.24, 2.45) is 0 Å². The van der Waals surface area contributed by atoms with Gasteiger partial charge < -0.3 is 14.9 Å². The second-order valence-electron chi connectivity index (χ2n) is 6.00. The largest absolute Gasteiger partial charge is 0.348 e. The first-order valence-corrected chi connectivity index (χ1v) is 8.28. The lowest BCUT2D eigenvalue weighted by Crippen LogP contribution is -2.31. The predicted molar refractivity (Wildman–Crippen MR) is 101 cm³/mol. The highest BCUT2D eigenvalue weighted by molar-refractivity contribution is 6.04. The number of aryl methyl sites for hydroxylation is 3. The molecule has 2 N–H and O–H groups in total. The highest BCUT2D eigenvalue weighted by atomic mass is 16.2. The molecule has 26 heavy (non-hydrogen) atoms. The summed E-state index contributed by atoms with van der Waals surface area (Å²) >= 11 is 0. The van der Waals surface area contributed by atoms with Crippen LogP contribution in [-0.2, 0) is 13.0 Å². The second kappa shape index (κ2) is 7.65. The number of rotatable bonds is 5. The van der Waals surface area contributed by atoms with Gasteiger partial charge in [0.05, 0.1) is 0 Å². The summed E-state index contributed by atoms with van der Waals surface area (Å²) in [5.74, 6) is -0.288. The van der Waals surface area contributed by atoms with Crippen molar-refractivity contribution in [3.8, 4) is 0 Å². The van der Waals surface area contributed by atoms with E-state index in [1.54, 1.807) is 19.2 Å². The van der Waals surface area contributed by atoms with Crippen LogP contribution in [0.15, 0.2) is 70.5 Å². The van der Waals surface area contributed by atoms with Gasteiger partial charge in [0.1, 0.15) is 11.4 Å². The number of aromatic nitrogens is 2. The van der Waals surface area contributed by atoms with Crippen molar-refractivity contribution in [2.45, 2.75) is 19.9 Å². The van der Waals surface area contributed by atoms with E-state index in [2.05, 4.69) is 10.3 Å². The molecule has 0 aliphatic heterocycles. The zero-order chi connectivity index (χ0) is 18.5. The molecule has 0 spiro atoms. The van der Waals surface area contributed by atoms with Crippen molar-refractivity contribution >= 4 is 11.7 Å². The standard InChI is InChI=1S/C20H19N3O3/c1-14-8-11-23(12-9-15-5-3-2-4-6-15)20(26)18(14)19(25)22-17-13-16(24)7-10-21-17/h2-8,10-11,13H,9,12H2,1H3,(H2,21,22,24,25). The van der Waals surface area contributed by atoms with Gasteiger partial charge in [-0.3, -0.25) is 14.4 Å². The van der Waals surface area contributed by atoms with Crippen molar-refractivity contribution in [1.29, 1.82) is 0 Å². The van der Waals surface area contributed by atoms with Crippen LogP contribution in [-0.4, -0.2) is 15.5 Å². The molecule has 1 aromatic carbocycles. The van der Waals surface area contributed by atoms with E-state index in [9.17, 15) is 14.4 Å². The summed E-state index contributed by atoms with van der Waals surface area (Å²) in [6.45, 7) is 2.19. The van der Waals surface area contributed by atoms with E-state index in [1.165, 1.54) is 22.9 Å². The number of hydrogen-bond acceptors (Lipinski definition) is 3. The molecule has 0 aliphatic rings. The summed E-state index contributed by atoms with van der Waals surface area (Å²) in [5, 5.41) is 2.57. The van der Waals surface area contributed by atoms with Gasteiger partial charge in [-0.25, -0.2) is 0 Å². The molecule has 132 valence electrons. The third-order valence-electron chi connectivity index (χ3n) is 4.11. The van der Waals surface area contributed by atoms with Crippen LogP contribution >= 0.6 is 0 Å². The van der Waals surface area contributed by atoms with Crippen LogP contribution in [0, 0.1) is 6.92 Å². The predicted octanol–water partition coefficient (Wildman–Crippen LogP) is 2.34. The minimum Gasteiger partial charge on any atom is -0.348 e. The summed E-state index contributed by atoms with van der Waals surface area (Å²) in [6, 6.07) is 14.2. The molecule has 0 atom stereocenters. The number of pyridine rings is 2. The van der Waals surface area contributed by atoms with Crippen molar-refractivity contribution < 1.29 is 4.79 Å². The zero-order valence-corrected chi connectivity index (χ0v) is 14.4. The number of H-pyrrole nitrogens is 1. The Morgan fingerprint density at radius 2 is 1.88 bits per heavy atom. The minimum atomic E-state index is -0.539. The molecule has 6 nitrogen and oxygen atoms in total. The van der Waals surface area contributed by atoms with Gasteiger partial charge in [-0.05, 0) is 30.5 Å². The molecule has 0 aliphatic carbocycles. The summed E-state index contributed by atoms with van der Waals surface area (Å²) in [7, 11) is 0. The summed E-state index contributed by atoms with van der Waals surface area (Å²) < 4.78 is 1.53. The van der Waals surface area contributed by atoms with E-state index in [0.717, 1.165) is 5.56 Å². The summed E-state index contributed by atoms with van der Waals surface area (Å²) in [5.41, 5.74) is 1.20. The average Bonchev–Trinajstić information content (AvgIpc) is 2.62. The van der Waals surface area contributed by atoms with Crippen molar-refractivity contribution in [2.75, 3.05) is 5.32 Å². The second-order valence-corrected chi connectivity index (χ2v) is 6.00. The Morgan fingerprint density at radius 3 is 2.62 bits per heavy atom. The molecule has 0 unspecified atom stereocenters. The van der Waals surface area contributed by atoms with E-state index in [0.29, 0.717) is 18.5 Å². The SMILES string of the molecule is Cc1ccn(CCc2ccccc2)c(=O)c1C(=O)Nc1cc(=O)cc[nH]1. The smallest absolute Gasteiger partial charge is 0.263 e. The lowest BCUT2D eigenvalue weighted by atomic mass is 10.1. The quantitative estimate of drug-likeness (QED) is 0.741. The van der Waals surface area contributed by atoms with Crippen LogP contribution < -0.4 is 16.3 Å². The number of carbonyl (C=O) groups excluding carboxylic acids is 1. The number of nitrogens with one attached hydrogen (secondary N) is 2. The Balaban J connectivity index is 1.84. The van der Waals surface area contributed by atoms with Crippen LogP contribution in [0.3, 0.4) is 0 Å². The topological polar surface area (TPSA) is 84.0 Å². The van der Waals surface area contributed by atoms with Crippen molar-refractivity contribution in [3.05, 3.63) is 98.2 Å². The van der Waals surface area contributed by atoms with E-state index < -0.39 is 5.91 Å². The number of anilines is 1. The molecule has 0 saturated heterocycles. The van der Waals surface area contributed by atoms with Gasteiger partial charge in [0.2, 0.25) is 0 Å². The van der Waals surface area contributed by atoms with Crippen LogP contribution in [0.4, 0.5) is 5.82 Å². The minimum absolute atomic E-state index is 0.0743. The molecule has 0 fully saturated rings. The maximum atomic E-state index is 12.7. The van der Waals surface area contributed by atoms with Gasteiger partial charge in [0.25, 0.3) is 11.5 Å². The maximum Gasteiger partial charge on any atom is 0.263 e. The Hall–Kier alpha value is -3.41. The summed E-state index contributed by atoms with van der Waals surface area (Å²) in [4.78, 5) is 39.4. The first-order chi connectivity index (χ1) is 12.5. The molecule has 0 bridgehead atoms. The van der Waals surface area contributed by atoms with Gasteiger partial charge >= 0.3 is 0 Å². The molecule has 1 amide bonds. The Morgan fingerprint density at radius 1 is 1.12 bits per heavy atom. The van der Waals surface area contributed by atoms with Gasteiger partial charge in [0.15, 0.2) is 5.43 Å². The maximum absolute atomic E-state index is 12.7. The lowest BCUT2D eigenvalue weighted by Gasteiger charge is -2.11. The molecular weight excluding hydrogens is 330 g/mol. The fourth-order valence-electron chi connectivity index (χ4n) is 2.71. The summed E-state index contributed by atoms with van der Waals surface area (Å²) in [6.07, 6.45) is 3.83. The van der Waals surface area contributed by atoms with Gasteiger partial charge in [0, 0.05) is 31.1 Å². The Labute approximate surface area is 150 Å². The third-order valence-corrected chi connectivity index (χ3v) is 4.11. The Kier molecular flexibility index (Phi) is 5.12. The molecule has 2 aromatic heterocycles. The molecule has 0 saturated carbocycles. The molecule has 6 heteroatoms. The first kappa shape index (κ1) is 17.4. The van der Waals surface area contributed by atoms with Gasteiger partial charge in [-0.1, -0.05) is 30.3 Å². The number of nitrogens with zero attached hydrogens (tertiary/aromatic N) is 1. The van der Waals surface area contributed by atoms with E-state index in [4.69, 9.17) is 0 Å². The van der Waals surface area contributed by atoms with Gasteiger partial charge in [-0.15, -0.1) is 0 Å². The monoisotopic (exact) mass is 349 g/mol. The number of amides is 1. The van der Waals surface area contributed by atoms with Crippen LogP contribution in [0.25, 0.3) is 0 Å². The number of aromatic amines is 1. The molecule has 3 rings (SSSR count). The van der Waals surface area contributed by atoms with Crippen LogP contribution in [0.5, 0.6) is 0 Å². The van der Waals surface area contributed by atoms with Crippen LogP contribution in [0.2, 0.25) is 0 Å². The number of hydrogen-bond donors (Lipinski definition) is 2. The molecular formula is C20H19N3O3. The normalized spacial score (nSPS) is 10.5. The fourth-order valence-corrected chi connectivity index (χ4v) is 2.71. The average molecular weight is 349 g/mol. The van der Waals surface area contributed by atoms with Crippen molar-refractivity contribution in [1.82, 2.24) is 9.55 Å². The number of benzene rings is 1.